The highest BCUT2D eigenvalue weighted by atomic mass is 79.9. The van der Waals surface area contributed by atoms with Crippen molar-refractivity contribution in [1.82, 2.24) is 4.57 Å². The van der Waals surface area contributed by atoms with Crippen molar-refractivity contribution in [3.8, 4) is 5.75 Å². The van der Waals surface area contributed by atoms with Crippen molar-refractivity contribution >= 4 is 38.7 Å². The summed E-state index contributed by atoms with van der Waals surface area (Å²) in [5.41, 5.74) is 9.84. The van der Waals surface area contributed by atoms with Crippen LogP contribution in [0.4, 0.5) is 0 Å². The number of fused-ring (bicyclic) bond motifs is 3. The molecule has 1 aliphatic carbocycles. The van der Waals surface area contributed by atoms with E-state index in [2.05, 4.69) is 37.4 Å². The number of rotatable bonds is 6. The highest BCUT2D eigenvalue weighted by molar-refractivity contribution is 9.10. The first-order valence-electron chi connectivity index (χ1n) is 9.37. The van der Waals surface area contributed by atoms with Crippen LogP contribution < -0.4 is 10.5 Å². The van der Waals surface area contributed by atoms with E-state index in [1.54, 1.807) is 0 Å². The quantitative estimate of drug-likeness (QED) is 0.575. The van der Waals surface area contributed by atoms with E-state index in [1.807, 2.05) is 30.3 Å². The molecule has 2 aromatic carbocycles. The SMILES string of the molecule is COC(=O)COc1cccc2c1c1c(n2Cc2ccc(Br)cc2)CCC1C(N)=O. The van der Waals surface area contributed by atoms with Gasteiger partial charge in [0.1, 0.15) is 5.75 Å². The fourth-order valence-electron chi connectivity index (χ4n) is 4.07. The number of nitrogens with zero attached hydrogens (tertiary/aromatic N) is 1. The Labute approximate surface area is 176 Å². The highest BCUT2D eigenvalue weighted by Gasteiger charge is 2.34. The van der Waals surface area contributed by atoms with Gasteiger partial charge in [-0.1, -0.05) is 34.1 Å². The third-order valence-corrected chi connectivity index (χ3v) is 5.92. The summed E-state index contributed by atoms with van der Waals surface area (Å²) in [6, 6.07) is 13.9. The number of methoxy groups -OCH3 is 1. The lowest BCUT2D eigenvalue weighted by Gasteiger charge is -2.12. The molecule has 1 unspecified atom stereocenters. The van der Waals surface area contributed by atoms with Crippen LogP contribution in [0.25, 0.3) is 10.9 Å². The molecular weight excluding hydrogens is 436 g/mol. The van der Waals surface area contributed by atoms with E-state index < -0.39 is 5.97 Å². The lowest BCUT2D eigenvalue weighted by atomic mass is 9.99. The topological polar surface area (TPSA) is 83.6 Å². The summed E-state index contributed by atoms with van der Waals surface area (Å²) >= 11 is 3.47. The average Bonchev–Trinajstić information content (AvgIpc) is 3.27. The van der Waals surface area contributed by atoms with Crippen LogP contribution in [-0.2, 0) is 27.3 Å². The number of primary amides is 1. The molecule has 4 rings (SSSR count). The van der Waals surface area contributed by atoms with Crippen LogP contribution in [0.15, 0.2) is 46.9 Å². The molecule has 1 amide bonds. The van der Waals surface area contributed by atoms with Crippen LogP contribution in [0.1, 0.15) is 29.2 Å². The molecule has 6 nitrogen and oxygen atoms in total. The molecule has 1 atom stereocenters. The number of hydrogen-bond donors (Lipinski definition) is 1. The predicted molar refractivity (Wildman–Crippen MR) is 113 cm³/mol. The zero-order valence-corrected chi connectivity index (χ0v) is 17.6. The number of carbonyl (C=O) groups excluding carboxylic acids is 2. The van der Waals surface area contributed by atoms with Gasteiger partial charge in [-0.15, -0.1) is 0 Å². The number of carbonyl (C=O) groups is 2. The van der Waals surface area contributed by atoms with Crippen molar-refractivity contribution < 1.29 is 19.1 Å². The Morgan fingerprint density at radius 3 is 2.66 bits per heavy atom. The first-order chi connectivity index (χ1) is 14.0. The maximum Gasteiger partial charge on any atom is 0.343 e. The van der Waals surface area contributed by atoms with Crippen LogP contribution in [0.2, 0.25) is 0 Å². The maximum atomic E-state index is 12.1. The lowest BCUT2D eigenvalue weighted by molar-refractivity contribution is -0.142. The normalized spacial score (nSPS) is 15.3. The zero-order valence-electron chi connectivity index (χ0n) is 16.0. The lowest BCUT2D eigenvalue weighted by Crippen LogP contribution is -2.19. The molecule has 0 saturated heterocycles. The minimum absolute atomic E-state index is 0.191. The molecule has 2 N–H and O–H groups in total. The van der Waals surface area contributed by atoms with Gasteiger partial charge in [-0.2, -0.15) is 0 Å². The molecule has 1 aromatic heterocycles. The average molecular weight is 457 g/mol. The molecule has 0 radical (unpaired) electrons. The van der Waals surface area contributed by atoms with Crippen LogP contribution in [-0.4, -0.2) is 30.2 Å². The number of ether oxygens (including phenoxy) is 2. The Morgan fingerprint density at radius 2 is 1.97 bits per heavy atom. The van der Waals surface area contributed by atoms with Crippen LogP contribution in [0.3, 0.4) is 0 Å². The summed E-state index contributed by atoms with van der Waals surface area (Å²) in [7, 11) is 1.32. The van der Waals surface area contributed by atoms with E-state index in [9.17, 15) is 9.59 Å². The van der Waals surface area contributed by atoms with Gasteiger partial charge in [-0.25, -0.2) is 4.79 Å². The van der Waals surface area contributed by atoms with E-state index in [0.717, 1.165) is 38.6 Å². The summed E-state index contributed by atoms with van der Waals surface area (Å²) in [6.07, 6.45) is 1.45. The summed E-state index contributed by atoms with van der Waals surface area (Å²) in [5.74, 6) is -0.595. The molecule has 3 aromatic rings. The largest absolute Gasteiger partial charge is 0.481 e. The van der Waals surface area contributed by atoms with Crippen molar-refractivity contribution in [3.63, 3.8) is 0 Å². The number of esters is 1. The number of benzene rings is 2. The van der Waals surface area contributed by atoms with Crippen molar-refractivity contribution in [2.24, 2.45) is 5.73 Å². The number of amides is 1. The summed E-state index contributed by atoms with van der Waals surface area (Å²) in [5, 5.41) is 0.852. The van der Waals surface area contributed by atoms with Gasteiger partial charge in [0.15, 0.2) is 6.61 Å². The monoisotopic (exact) mass is 456 g/mol. The molecule has 29 heavy (non-hydrogen) atoms. The maximum absolute atomic E-state index is 12.1. The number of aromatic nitrogens is 1. The Morgan fingerprint density at radius 1 is 1.21 bits per heavy atom. The smallest absolute Gasteiger partial charge is 0.343 e. The third-order valence-electron chi connectivity index (χ3n) is 5.39. The Balaban J connectivity index is 1.85. The van der Waals surface area contributed by atoms with Gasteiger partial charge < -0.3 is 19.8 Å². The van der Waals surface area contributed by atoms with E-state index in [4.69, 9.17) is 10.5 Å². The Hall–Kier alpha value is -2.80. The molecule has 0 bridgehead atoms. The fraction of sp³-hybridized carbons (Fsp3) is 0.273. The number of nitrogens with two attached hydrogens (primary N) is 1. The summed E-state index contributed by atoms with van der Waals surface area (Å²) in [4.78, 5) is 23.7. The Kier molecular flexibility index (Phi) is 5.32. The molecular formula is C22H21BrN2O4. The van der Waals surface area contributed by atoms with Gasteiger partial charge >= 0.3 is 5.97 Å². The molecule has 0 fully saturated rings. The number of hydrogen-bond acceptors (Lipinski definition) is 4. The second-order valence-electron chi connectivity index (χ2n) is 7.08. The van der Waals surface area contributed by atoms with Gasteiger partial charge in [0.25, 0.3) is 0 Å². The molecule has 1 heterocycles. The van der Waals surface area contributed by atoms with Crippen LogP contribution >= 0.6 is 15.9 Å². The zero-order chi connectivity index (χ0) is 20.5. The van der Waals surface area contributed by atoms with Gasteiger partial charge in [-0.3, -0.25) is 4.79 Å². The van der Waals surface area contributed by atoms with E-state index in [-0.39, 0.29) is 18.4 Å². The molecule has 7 heteroatoms. The second-order valence-corrected chi connectivity index (χ2v) is 8.00. The third kappa shape index (κ3) is 3.62. The van der Waals surface area contributed by atoms with Crippen LogP contribution in [0, 0.1) is 0 Å². The van der Waals surface area contributed by atoms with E-state index in [1.165, 1.54) is 7.11 Å². The molecule has 0 saturated carbocycles. The van der Waals surface area contributed by atoms with Crippen LogP contribution in [0.5, 0.6) is 5.75 Å². The first kappa shape index (κ1) is 19.5. The summed E-state index contributed by atoms with van der Waals surface area (Å²) < 4.78 is 13.7. The molecule has 150 valence electrons. The van der Waals surface area contributed by atoms with Crippen molar-refractivity contribution in [1.29, 1.82) is 0 Å². The molecule has 0 aliphatic heterocycles. The molecule has 1 aliphatic rings. The highest BCUT2D eigenvalue weighted by Crippen LogP contribution is 2.44. The second kappa shape index (κ2) is 7.91. The van der Waals surface area contributed by atoms with Crippen molar-refractivity contribution in [3.05, 3.63) is 63.8 Å². The van der Waals surface area contributed by atoms with E-state index in [0.29, 0.717) is 18.7 Å². The standard InChI is InChI=1S/C22H21BrN2O4/c1-28-19(26)12-29-18-4-2-3-16-21(18)20-15(22(24)27)9-10-17(20)25(16)11-13-5-7-14(23)8-6-13/h2-8,15H,9-12H2,1H3,(H2,24,27). The van der Waals surface area contributed by atoms with E-state index >= 15 is 0 Å². The predicted octanol–water partition coefficient (Wildman–Crippen LogP) is 3.52. The minimum atomic E-state index is -0.459. The molecule has 0 spiro atoms. The number of halogens is 1. The van der Waals surface area contributed by atoms with Crippen molar-refractivity contribution in [2.45, 2.75) is 25.3 Å². The van der Waals surface area contributed by atoms with Gasteiger partial charge in [0.2, 0.25) is 5.91 Å². The van der Waals surface area contributed by atoms with Gasteiger partial charge in [-0.05, 0) is 48.2 Å². The first-order valence-corrected chi connectivity index (χ1v) is 10.2. The van der Waals surface area contributed by atoms with Crippen molar-refractivity contribution in [2.75, 3.05) is 13.7 Å². The minimum Gasteiger partial charge on any atom is -0.481 e. The fourth-order valence-corrected chi connectivity index (χ4v) is 4.34. The van der Waals surface area contributed by atoms with Gasteiger partial charge in [0, 0.05) is 22.1 Å². The van der Waals surface area contributed by atoms with Gasteiger partial charge in [0.05, 0.1) is 18.5 Å². The summed E-state index contributed by atoms with van der Waals surface area (Å²) in [6.45, 7) is 0.481. The Bertz CT molecular complexity index is 1090.